The lowest BCUT2D eigenvalue weighted by atomic mass is 10.1. The lowest BCUT2D eigenvalue weighted by Crippen LogP contribution is -2.22. The number of thioether (sulfide) groups is 1. The van der Waals surface area contributed by atoms with Crippen LogP contribution in [0.25, 0.3) is 0 Å². The van der Waals surface area contributed by atoms with Gasteiger partial charge in [-0.3, -0.25) is 4.79 Å². The van der Waals surface area contributed by atoms with Crippen molar-refractivity contribution < 1.29 is 14.3 Å². The van der Waals surface area contributed by atoms with Gasteiger partial charge >= 0.3 is 0 Å². The molecule has 1 aliphatic heterocycles. The van der Waals surface area contributed by atoms with Gasteiger partial charge in [0.25, 0.3) is 0 Å². The molecule has 1 heterocycles. The molecule has 0 saturated carbocycles. The molecule has 0 spiro atoms. The van der Waals surface area contributed by atoms with Gasteiger partial charge in [0.1, 0.15) is 13.2 Å². The predicted molar refractivity (Wildman–Crippen MR) is 97.3 cm³/mol. The molecule has 1 aliphatic rings. The van der Waals surface area contributed by atoms with Gasteiger partial charge in [-0.2, -0.15) is 0 Å². The summed E-state index contributed by atoms with van der Waals surface area (Å²) in [6.07, 6.45) is 0. The topological polar surface area (TPSA) is 47.6 Å². The fraction of sp³-hybridized carbons (Fsp3) is 0.316. The van der Waals surface area contributed by atoms with Crippen LogP contribution in [0.15, 0.2) is 41.3 Å². The number of fused-ring (bicyclic) bond motifs is 1. The summed E-state index contributed by atoms with van der Waals surface area (Å²) in [5.74, 6) is 1.36. The van der Waals surface area contributed by atoms with E-state index in [-0.39, 0.29) is 11.2 Å². The van der Waals surface area contributed by atoms with E-state index in [1.807, 2.05) is 19.1 Å². The van der Waals surface area contributed by atoms with E-state index in [1.54, 1.807) is 17.8 Å². The first-order chi connectivity index (χ1) is 11.5. The number of benzene rings is 2. The van der Waals surface area contributed by atoms with Crippen LogP contribution in [-0.2, 0) is 4.79 Å². The number of hydrogen-bond acceptors (Lipinski definition) is 4. The highest BCUT2D eigenvalue weighted by Gasteiger charge is 2.17. The van der Waals surface area contributed by atoms with E-state index < -0.39 is 0 Å². The number of anilines is 1. The van der Waals surface area contributed by atoms with Crippen molar-refractivity contribution in [3.63, 3.8) is 0 Å². The second kappa shape index (κ2) is 7.18. The summed E-state index contributed by atoms with van der Waals surface area (Å²) in [7, 11) is 0. The van der Waals surface area contributed by atoms with Gasteiger partial charge in [-0.15, -0.1) is 11.8 Å². The third kappa shape index (κ3) is 3.85. The van der Waals surface area contributed by atoms with Crippen molar-refractivity contribution >= 4 is 23.4 Å². The number of rotatable bonds is 4. The van der Waals surface area contributed by atoms with Crippen LogP contribution in [0, 0.1) is 13.8 Å². The molecule has 24 heavy (non-hydrogen) atoms. The number of ether oxygens (including phenoxy) is 2. The predicted octanol–water partition coefficient (Wildman–Crippen LogP) is 4.19. The zero-order chi connectivity index (χ0) is 17.1. The fourth-order valence-corrected chi connectivity index (χ4v) is 3.38. The minimum atomic E-state index is -0.194. The van der Waals surface area contributed by atoms with E-state index in [4.69, 9.17) is 9.47 Å². The number of nitrogens with one attached hydrogen (secondary N) is 1. The van der Waals surface area contributed by atoms with Gasteiger partial charge < -0.3 is 14.8 Å². The minimum absolute atomic E-state index is 0.0325. The molecule has 2 aromatic carbocycles. The molecule has 3 rings (SSSR count). The summed E-state index contributed by atoms with van der Waals surface area (Å²) >= 11 is 1.55. The van der Waals surface area contributed by atoms with Crippen LogP contribution in [0.3, 0.4) is 0 Å². The number of amides is 1. The maximum absolute atomic E-state index is 12.4. The highest BCUT2D eigenvalue weighted by Crippen LogP contribution is 2.33. The molecule has 0 aromatic heterocycles. The lowest BCUT2D eigenvalue weighted by molar-refractivity contribution is -0.115. The van der Waals surface area contributed by atoms with E-state index >= 15 is 0 Å². The molecular weight excluding hydrogens is 322 g/mol. The van der Waals surface area contributed by atoms with Crippen molar-refractivity contribution in [1.82, 2.24) is 0 Å². The van der Waals surface area contributed by atoms with Gasteiger partial charge in [-0.1, -0.05) is 6.07 Å². The SMILES string of the molecule is Cc1ccc(S[C@@H](C)C(=O)Nc2ccc3c(c2)OCCO3)cc1C. The van der Waals surface area contributed by atoms with Gasteiger partial charge in [0, 0.05) is 16.6 Å². The molecule has 0 aliphatic carbocycles. The molecule has 0 bridgehead atoms. The van der Waals surface area contributed by atoms with Gasteiger partial charge in [-0.05, 0) is 56.2 Å². The van der Waals surface area contributed by atoms with Crippen molar-refractivity contribution in [3.8, 4) is 11.5 Å². The van der Waals surface area contributed by atoms with E-state index in [0.29, 0.717) is 19.0 Å². The Labute approximate surface area is 146 Å². The van der Waals surface area contributed by atoms with Crippen LogP contribution in [-0.4, -0.2) is 24.4 Å². The molecule has 0 radical (unpaired) electrons. The first-order valence-electron chi connectivity index (χ1n) is 7.97. The van der Waals surface area contributed by atoms with Crippen LogP contribution in [0.4, 0.5) is 5.69 Å². The Morgan fingerprint density at radius 3 is 2.54 bits per heavy atom. The largest absolute Gasteiger partial charge is 0.486 e. The number of hydrogen-bond donors (Lipinski definition) is 1. The third-order valence-electron chi connectivity index (χ3n) is 3.97. The molecule has 1 amide bonds. The van der Waals surface area contributed by atoms with Crippen molar-refractivity contribution in [2.45, 2.75) is 30.9 Å². The van der Waals surface area contributed by atoms with Crippen LogP contribution < -0.4 is 14.8 Å². The normalized spacial score (nSPS) is 14.1. The molecule has 1 N–H and O–H groups in total. The Balaban J connectivity index is 1.64. The van der Waals surface area contributed by atoms with Gasteiger partial charge in [0.15, 0.2) is 11.5 Å². The average molecular weight is 343 g/mol. The smallest absolute Gasteiger partial charge is 0.237 e. The zero-order valence-corrected chi connectivity index (χ0v) is 14.9. The zero-order valence-electron chi connectivity index (χ0n) is 14.1. The first-order valence-corrected chi connectivity index (χ1v) is 8.85. The Hall–Kier alpha value is -2.14. The average Bonchev–Trinajstić information content (AvgIpc) is 2.58. The summed E-state index contributed by atoms with van der Waals surface area (Å²) in [6.45, 7) is 7.17. The van der Waals surface area contributed by atoms with Gasteiger partial charge in [0.2, 0.25) is 5.91 Å². The summed E-state index contributed by atoms with van der Waals surface area (Å²) in [4.78, 5) is 13.5. The van der Waals surface area contributed by atoms with Crippen LogP contribution in [0.1, 0.15) is 18.1 Å². The summed E-state index contributed by atoms with van der Waals surface area (Å²) in [5.41, 5.74) is 3.21. The Morgan fingerprint density at radius 2 is 1.79 bits per heavy atom. The van der Waals surface area contributed by atoms with Crippen molar-refractivity contribution in [1.29, 1.82) is 0 Å². The highest BCUT2D eigenvalue weighted by atomic mass is 32.2. The Morgan fingerprint density at radius 1 is 1.04 bits per heavy atom. The lowest BCUT2D eigenvalue weighted by Gasteiger charge is -2.19. The fourth-order valence-electron chi connectivity index (χ4n) is 2.41. The van der Waals surface area contributed by atoms with Gasteiger partial charge in [-0.25, -0.2) is 0 Å². The van der Waals surface area contributed by atoms with Crippen molar-refractivity contribution in [2.24, 2.45) is 0 Å². The maximum Gasteiger partial charge on any atom is 0.237 e. The summed E-state index contributed by atoms with van der Waals surface area (Å²) in [5, 5.41) is 2.75. The summed E-state index contributed by atoms with van der Waals surface area (Å²) in [6, 6.07) is 11.7. The first kappa shape index (κ1) is 16.7. The van der Waals surface area contributed by atoms with E-state index in [9.17, 15) is 4.79 Å². The molecule has 0 saturated heterocycles. The summed E-state index contributed by atoms with van der Waals surface area (Å²) < 4.78 is 11.0. The number of aryl methyl sites for hydroxylation is 2. The van der Waals surface area contributed by atoms with Crippen molar-refractivity contribution in [3.05, 3.63) is 47.5 Å². The molecule has 0 fully saturated rings. The quantitative estimate of drug-likeness (QED) is 0.846. The van der Waals surface area contributed by atoms with Crippen LogP contribution in [0.5, 0.6) is 11.5 Å². The molecular formula is C19H21NO3S. The van der Waals surface area contributed by atoms with Crippen LogP contribution >= 0.6 is 11.8 Å². The number of carbonyl (C=O) groups is 1. The van der Waals surface area contributed by atoms with E-state index in [2.05, 4.69) is 37.4 Å². The maximum atomic E-state index is 12.4. The minimum Gasteiger partial charge on any atom is -0.486 e. The second-order valence-electron chi connectivity index (χ2n) is 5.85. The molecule has 2 aromatic rings. The monoisotopic (exact) mass is 343 g/mol. The third-order valence-corrected chi connectivity index (χ3v) is 5.06. The molecule has 1 atom stereocenters. The number of carbonyl (C=O) groups excluding carboxylic acids is 1. The highest BCUT2D eigenvalue weighted by molar-refractivity contribution is 8.00. The Kier molecular flexibility index (Phi) is 5.00. The van der Waals surface area contributed by atoms with Crippen LogP contribution in [0.2, 0.25) is 0 Å². The van der Waals surface area contributed by atoms with Crippen molar-refractivity contribution in [2.75, 3.05) is 18.5 Å². The molecule has 5 heteroatoms. The molecule has 0 unspecified atom stereocenters. The Bertz CT molecular complexity index is 760. The molecule has 126 valence electrons. The van der Waals surface area contributed by atoms with E-state index in [0.717, 1.165) is 16.3 Å². The van der Waals surface area contributed by atoms with Gasteiger partial charge in [0.05, 0.1) is 5.25 Å². The molecule has 4 nitrogen and oxygen atoms in total. The van der Waals surface area contributed by atoms with E-state index in [1.165, 1.54) is 11.1 Å². The standard InChI is InChI=1S/C19H21NO3S/c1-12-4-6-16(10-13(12)2)24-14(3)19(21)20-15-5-7-17-18(11-15)23-9-8-22-17/h4-7,10-11,14H,8-9H2,1-3H3,(H,20,21)/t14-/m0/s1. The second-order valence-corrected chi connectivity index (χ2v) is 7.27.